The fraction of sp³-hybridized carbons (Fsp3) is 0.636. The molecule has 0 radical (unpaired) electrons. The molecule has 1 saturated heterocycles. The Morgan fingerprint density at radius 2 is 2.56 bits per heavy atom. The summed E-state index contributed by atoms with van der Waals surface area (Å²) in [5.41, 5.74) is -0.339. The zero-order chi connectivity index (χ0) is 13.0. The Morgan fingerprint density at radius 1 is 1.72 bits per heavy atom. The smallest absolute Gasteiger partial charge is 0.271 e. The molecular formula is C11H17ClN4O2. The van der Waals surface area contributed by atoms with E-state index in [1.807, 2.05) is 0 Å². The lowest BCUT2D eigenvalue weighted by Crippen LogP contribution is -2.45. The van der Waals surface area contributed by atoms with E-state index in [2.05, 4.69) is 27.1 Å². The van der Waals surface area contributed by atoms with E-state index in [-0.39, 0.29) is 16.7 Å². The fourth-order valence-electron chi connectivity index (χ4n) is 1.91. The average Bonchev–Trinajstić information content (AvgIpc) is 2.41. The maximum atomic E-state index is 11.3. The predicted molar refractivity (Wildman–Crippen MR) is 70.2 cm³/mol. The minimum absolute atomic E-state index is 0.0839. The molecule has 0 spiro atoms. The topological polar surface area (TPSA) is 70.2 Å². The highest BCUT2D eigenvalue weighted by Crippen LogP contribution is 2.13. The molecule has 0 saturated carbocycles. The van der Waals surface area contributed by atoms with Crippen molar-refractivity contribution >= 4 is 17.4 Å². The van der Waals surface area contributed by atoms with Crippen molar-refractivity contribution in [1.29, 1.82) is 0 Å². The van der Waals surface area contributed by atoms with E-state index in [0.717, 1.165) is 26.2 Å². The van der Waals surface area contributed by atoms with Crippen LogP contribution in [0.1, 0.15) is 6.92 Å². The molecule has 7 heteroatoms. The Labute approximate surface area is 110 Å². The third kappa shape index (κ3) is 3.22. The third-order valence-electron chi connectivity index (χ3n) is 2.96. The number of ether oxygens (including phenoxy) is 1. The summed E-state index contributed by atoms with van der Waals surface area (Å²) in [5.74, 6) is 0.401. The highest BCUT2D eigenvalue weighted by molar-refractivity contribution is 6.32. The molecule has 2 rings (SSSR count). The minimum Gasteiger partial charge on any atom is -0.374 e. The molecule has 0 aromatic carbocycles. The Balaban J connectivity index is 1.91. The zero-order valence-electron chi connectivity index (χ0n) is 10.3. The van der Waals surface area contributed by atoms with Gasteiger partial charge in [0, 0.05) is 19.6 Å². The van der Waals surface area contributed by atoms with Crippen molar-refractivity contribution in [3.63, 3.8) is 0 Å². The van der Waals surface area contributed by atoms with Gasteiger partial charge in [0.05, 0.1) is 19.0 Å². The molecule has 0 bridgehead atoms. The van der Waals surface area contributed by atoms with Gasteiger partial charge in [0.1, 0.15) is 5.02 Å². The monoisotopic (exact) mass is 272 g/mol. The first-order valence-corrected chi connectivity index (χ1v) is 6.39. The maximum Gasteiger partial charge on any atom is 0.271 e. The second-order valence-corrected chi connectivity index (χ2v) is 4.54. The fourth-order valence-corrected chi connectivity index (χ4v) is 2.08. The van der Waals surface area contributed by atoms with Crippen LogP contribution in [0.25, 0.3) is 0 Å². The van der Waals surface area contributed by atoms with Crippen LogP contribution < -0.4 is 10.9 Å². The van der Waals surface area contributed by atoms with Crippen molar-refractivity contribution in [2.24, 2.45) is 0 Å². The maximum absolute atomic E-state index is 11.3. The molecule has 0 amide bonds. The Morgan fingerprint density at radius 3 is 3.33 bits per heavy atom. The molecule has 1 aliphatic rings. The Kier molecular flexibility index (Phi) is 4.57. The van der Waals surface area contributed by atoms with Gasteiger partial charge in [-0.15, -0.1) is 0 Å². The van der Waals surface area contributed by atoms with E-state index in [1.165, 1.54) is 6.33 Å². The SMILES string of the molecule is CCN1CCOC(CNc2nc[nH]c(=O)c2Cl)C1. The van der Waals surface area contributed by atoms with Gasteiger partial charge < -0.3 is 15.0 Å². The van der Waals surface area contributed by atoms with Crippen molar-refractivity contribution in [2.45, 2.75) is 13.0 Å². The van der Waals surface area contributed by atoms with Crippen LogP contribution in [0.3, 0.4) is 0 Å². The zero-order valence-corrected chi connectivity index (χ0v) is 11.0. The van der Waals surface area contributed by atoms with Crippen LogP contribution in [-0.4, -0.2) is 53.8 Å². The number of aromatic nitrogens is 2. The predicted octanol–water partition coefficient (Wildman–Crippen LogP) is 0.556. The van der Waals surface area contributed by atoms with Crippen LogP contribution in [0.2, 0.25) is 5.02 Å². The first-order valence-electron chi connectivity index (χ1n) is 6.01. The molecule has 1 atom stereocenters. The van der Waals surface area contributed by atoms with Crippen LogP contribution in [0.15, 0.2) is 11.1 Å². The molecule has 2 heterocycles. The van der Waals surface area contributed by atoms with Gasteiger partial charge in [0.2, 0.25) is 0 Å². The number of anilines is 1. The van der Waals surface area contributed by atoms with Crippen molar-refractivity contribution < 1.29 is 4.74 Å². The van der Waals surface area contributed by atoms with Crippen molar-refractivity contribution in [3.05, 3.63) is 21.7 Å². The Hall–Kier alpha value is -1.11. The average molecular weight is 273 g/mol. The molecule has 1 unspecified atom stereocenters. The number of nitrogens with one attached hydrogen (secondary N) is 2. The van der Waals surface area contributed by atoms with E-state index < -0.39 is 0 Å². The highest BCUT2D eigenvalue weighted by Gasteiger charge is 2.19. The standard InChI is InChI=1S/C11H17ClN4O2/c1-2-16-3-4-18-8(6-16)5-13-10-9(12)11(17)15-7-14-10/h7-8H,2-6H2,1H3,(H2,13,14,15,17). The van der Waals surface area contributed by atoms with Gasteiger partial charge in [-0.1, -0.05) is 18.5 Å². The first-order chi connectivity index (χ1) is 8.70. The molecule has 1 aromatic rings. The molecular weight excluding hydrogens is 256 g/mol. The van der Waals surface area contributed by atoms with Crippen LogP contribution in [-0.2, 0) is 4.74 Å². The van der Waals surface area contributed by atoms with Gasteiger partial charge >= 0.3 is 0 Å². The van der Waals surface area contributed by atoms with Crippen LogP contribution in [0, 0.1) is 0 Å². The normalized spacial score (nSPS) is 20.9. The summed E-state index contributed by atoms with van der Waals surface area (Å²) in [7, 11) is 0. The van der Waals surface area contributed by atoms with Gasteiger partial charge in [0.15, 0.2) is 5.82 Å². The van der Waals surface area contributed by atoms with Crippen LogP contribution in [0.4, 0.5) is 5.82 Å². The number of rotatable bonds is 4. The lowest BCUT2D eigenvalue weighted by Gasteiger charge is -2.32. The number of aromatic amines is 1. The van der Waals surface area contributed by atoms with Gasteiger partial charge in [-0.3, -0.25) is 9.69 Å². The van der Waals surface area contributed by atoms with E-state index in [9.17, 15) is 4.79 Å². The van der Waals surface area contributed by atoms with Gasteiger partial charge in [-0.25, -0.2) is 4.98 Å². The molecule has 1 aromatic heterocycles. The van der Waals surface area contributed by atoms with Gasteiger partial charge in [-0.2, -0.15) is 0 Å². The minimum atomic E-state index is -0.339. The van der Waals surface area contributed by atoms with Crippen LogP contribution >= 0.6 is 11.6 Å². The molecule has 100 valence electrons. The second-order valence-electron chi connectivity index (χ2n) is 4.16. The summed E-state index contributed by atoms with van der Waals surface area (Å²) in [6.45, 7) is 6.32. The van der Waals surface area contributed by atoms with Gasteiger partial charge in [0.25, 0.3) is 5.56 Å². The highest BCUT2D eigenvalue weighted by atomic mass is 35.5. The first kappa shape index (κ1) is 13.3. The van der Waals surface area contributed by atoms with E-state index in [4.69, 9.17) is 16.3 Å². The van der Waals surface area contributed by atoms with E-state index in [1.54, 1.807) is 0 Å². The van der Waals surface area contributed by atoms with Crippen molar-refractivity contribution in [2.75, 3.05) is 38.1 Å². The third-order valence-corrected chi connectivity index (χ3v) is 3.31. The molecule has 1 fully saturated rings. The number of H-pyrrole nitrogens is 1. The number of morpholine rings is 1. The quantitative estimate of drug-likeness (QED) is 0.838. The largest absolute Gasteiger partial charge is 0.374 e. The van der Waals surface area contributed by atoms with Gasteiger partial charge in [-0.05, 0) is 6.54 Å². The number of hydrogen-bond donors (Lipinski definition) is 2. The molecule has 18 heavy (non-hydrogen) atoms. The van der Waals surface area contributed by atoms with Crippen LogP contribution in [0.5, 0.6) is 0 Å². The lowest BCUT2D eigenvalue weighted by atomic mass is 10.2. The van der Waals surface area contributed by atoms with Crippen molar-refractivity contribution in [3.8, 4) is 0 Å². The molecule has 1 aliphatic heterocycles. The number of nitrogens with zero attached hydrogens (tertiary/aromatic N) is 2. The molecule has 6 nitrogen and oxygen atoms in total. The summed E-state index contributed by atoms with van der Waals surface area (Å²) in [5, 5.41) is 3.14. The van der Waals surface area contributed by atoms with E-state index >= 15 is 0 Å². The number of halogens is 1. The molecule has 2 N–H and O–H groups in total. The summed E-state index contributed by atoms with van der Waals surface area (Å²) in [4.78, 5) is 20.0. The van der Waals surface area contributed by atoms with Crippen molar-refractivity contribution in [1.82, 2.24) is 14.9 Å². The summed E-state index contributed by atoms with van der Waals surface area (Å²) in [6, 6.07) is 0. The molecule has 0 aliphatic carbocycles. The van der Waals surface area contributed by atoms with E-state index in [0.29, 0.717) is 12.4 Å². The summed E-state index contributed by atoms with van der Waals surface area (Å²) >= 11 is 5.85. The second kappa shape index (κ2) is 6.17. The lowest BCUT2D eigenvalue weighted by molar-refractivity contribution is -0.0192. The summed E-state index contributed by atoms with van der Waals surface area (Å²) in [6.07, 6.45) is 1.42. The number of likely N-dealkylation sites (N-methyl/N-ethyl adjacent to an activating group) is 1. The Bertz CT molecular complexity index is 451. The number of hydrogen-bond acceptors (Lipinski definition) is 5. The summed E-state index contributed by atoms with van der Waals surface area (Å²) < 4.78 is 5.64.